The van der Waals surface area contributed by atoms with E-state index in [0.717, 1.165) is 0 Å². The molecule has 7 nitrogen and oxygen atoms in total. The molecule has 1 atom stereocenters. The molecule has 1 amide bonds. The van der Waals surface area contributed by atoms with Crippen molar-refractivity contribution in [2.24, 2.45) is 0 Å². The first-order chi connectivity index (χ1) is 8.62. The molecule has 0 saturated heterocycles. The van der Waals surface area contributed by atoms with Crippen molar-refractivity contribution >= 4 is 12.1 Å². The Morgan fingerprint density at radius 2 is 2.05 bits per heavy atom. The maximum absolute atomic E-state index is 11.7. The van der Waals surface area contributed by atoms with Crippen molar-refractivity contribution in [2.75, 3.05) is 0 Å². The Bertz CT molecular complexity index is 450. The van der Waals surface area contributed by atoms with Gasteiger partial charge in [-0.2, -0.15) is 0 Å². The minimum atomic E-state index is -1.47. The molecule has 0 saturated carbocycles. The Hall–Kier alpha value is -2.05. The summed E-state index contributed by atoms with van der Waals surface area (Å²) in [7, 11) is 0. The molecule has 0 spiro atoms. The van der Waals surface area contributed by atoms with Crippen LogP contribution in [0.15, 0.2) is 12.5 Å². The summed E-state index contributed by atoms with van der Waals surface area (Å²) in [6, 6.07) is 0. The summed E-state index contributed by atoms with van der Waals surface area (Å²) < 4.78 is 5.06. The lowest BCUT2D eigenvalue weighted by molar-refractivity contribution is -0.144. The number of hydrogen-bond donors (Lipinski definition) is 3. The highest BCUT2D eigenvalue weighted by Gasteiger charge is 2.37. The number of hydrogen-bond acceptors (Lipinski definition) is 4. The smallest absolute Gasteiger partial charge is 0.408 e. The first-order valence-corrected chi connectivity index (χ1v) is 5.85. The molecule has 1 heterocycles. The third-order valence-electron chi connectivity index (χ3n) is 2.34. The second kappa shape index (κ2) is 5.29. The molecule has 3 N–H and O–H groups in total. The molecule has 0 fully saturated rings. The van der Waals surface area contributed by atoms with Crippen molar-refractivity contribution in [2.45, 2.75) is 45.3 Å². The summed E-state index contributed by atoms with van der Waals surface area (Å²) >= 11 is 0. The van der Waals surface area contributed by atoms with Crippen LogP contribution in [-0.2, 0) is 16.0 Å². The van der Waals surface area contributed by atoms with Gasteiger partial charge in [0.15, 0.2) is 0 Å². The Kier molecular flexibility index (Phi) is 4.18. The van der Waals surface area contributed by atoms with E-state index >= 15 is 0 Å². The van der Waals surface area contributed by atoms with E-state index in [9.17, 15) is 14.7 Å². The highest BCUT2D eigenvalue weighted by atomic mass is 16.6. The minimum Gasteiger partial charge on any atom is -0.480 e. The minimum absolute atomic E-state index is 0.0606. The predicted molar refractivity (Wildman–Crippen MR) is 67.7 cm³/mol. The molecule has 0 aliphatic carbocycles. The summed E-state index contributed by atoms with van der Waals surface area (Å²) in [5.74, 6) is -1.15. The number of ether oxygens (including phenoxy) is 1. The number of nitrogens with one attached hydrogen (secondary N) is 2. The first kappa shape index (κ1) is 15.0. The van der Waals surface area contributed by atoms with Crippen LogP contribution < -0.4 is 5.32 Å². The van der Waals surface area contributed by atoms with Crippen molar-refractivity contribution in [3.05, 3.63) is 18.2 Å². The van der Waals surface area contributed by atoms with Gasteiger partial charge in [-0.3, -0.25) is 0 Å². The van der Waals surface area contributed by atoms with Crippen molar-refractivity contribution in [1.29, 1.82) is 0 Å². The van der Waals surface area contributed by atoms with Crippen LogP contribution in [0.1, 0.15) is 33.4 Å². The van der Waals surface area contributed by atoms with E-state index in [4.69, 9.17) is 4.74 Å². The molecule has 0 bridgehead atoms. The SMILES string of the molecule is CC(C)(C)OC(=O)NC(C)(Cc1c[nH]cn1)C(=O)O. The first-order valence-electron chi connectivity index (χ1n) is 5.85. The lowest BCUT2D eigenvalue weighted by Crippen LogP contribution is -2.54. The van der Waals surface area contributed by atoms with Crippen LogP contribution in [-0.4, -0.2) is 38.3 Å². The van der Waals surface area contributed by atoms with Crippen molar-refractivity contribution in [1.82, 2.24) is 15.3 Å². The number of carbonyl (C=O) groups excluding carboxylic acids is 1. The van der Waals surface area contributed by atoms with Gasteiger partial charge in [0.25, 0.3) is 0 Å². The van der Waals surface area contributed by atoms with Crippen LogP contribution in [0, 0.1) is 0 Å². The van der Waals surface area contributed by atoms with Gasteiger partial charge in [-0.25, -0.2) is 14.6 Å². The summed E-state index contributed by atoms with van der Waals surface area (Å²) in [6.07, 6.45) is 2.32. The highest BCUT2D eigenvalue weighted by Crippen LogP contribution is 2.14. The van der Waals surface area contributed by atoms with Crippen LogP contribution in [0.4, 0.5) is 4.79 Å². The predicted octanol–water partition coefficient (Wildman–Crippen LogP) is 1.32. The van der Waals surface area contributed by atoms with Crippen molar-refractivity contribution in [3.8, 4) is 0 Å². The average Bonchev–Trinajstić information content (AvgIpc) is 2.66. The number of aromatic amines is 1. The molecule has 7 heteroatoms. The number of aliphatic carboxylic acids is 1. The van der Waals surface area contributed by atoms with Gasteiger partial charge in [-0.15, -0.1) is 0 Å². The lowest BCUT2D eigenvalue weighted by atomic mass is 9.96. The summed E-state index contributed by atoms with van der Waals surface area (Å²) in [6.45, 7) is 6.53. The van der Waals surface area contributed by atoms with Crippen LogP contribution in [0.5, 0.6) is 0 Å². The zero-order valence-electron chi connectivity index (χ0n) is 11.5. The van der Waals surface area contributed by atoms with Gasteiger partial charge in [0.2, 0.25) is 0 Å². The van der Waals surface area contributed by atoms with Crippen molar-refractivity contribution < 1.29 is 19.4 Å². The number of carboxylic acids is 1. The molecule has 1 aromatic rings. The topological polar surface area (TPSA) is 104 Å². The zero-order chi connectivity index (χ0) is 14.7. The van der Waals surface area contributed by atoms with Crippen LogP contribution >= 0.6 is 0 Å². The standard InChI is InChI=1S/C12H19N3O4/c1-11(2,3)19-10(18)15-12(4,9(16)17)5-8-6-13-7-14-8/h6-7H,5H2,1-4H3,(H,13,14)(H,15,18)(H,16,17). The molecule has 0 aromatic carbocycles. The highest BCUT2D eigenvalue weighted by molar-refractivity contribution is 5.84. The average molecular weight is 269 g/mol. The third-order valence-corrected chi connectivity index (χ3v) is 2.34. The number of rotatable bonds is 4. The molecule has 1 rings (SSSR count). The van der Waals surface area contributed by atoms with Gasteiger partial charge < -0.3 is 20.1 Å². The van der Waals surface area contributed by atoms with Crippen LogP contribution in [0.25, 0.3) is 0 Å². The Balaban J connectivity index is 2.77. The number of alkyl carbamates (subject to hydrolysis) is 1. The molecular weight excluding hydrogens is 250 g/mol. The monoisotopic (exact) mass is 269 g/mol. The number of carboxylic acid groups (broad SMARTS) is 1. The third kappa shape index (κ3) is 4.61. The summed E-state index contributed by atoms with van der Waals surface area (Å²) in [5, 5.41) is 11.6. The van der Waals surface area contributed by atoms with Gasteiger partial charge in [0, 0.05) is 12.6 Å². The number of aromatic nitrogens is 2. The van der Waals surface area contributed by atoms with Gasteiger partial charge in [0.05, 0.1) is 12.0 Å². The number of imidazole rings is 1. The fourth-order valence-electron chi connectivity index (χ4n) is 1.45. The fraction of sp³-hybridized carbons (Fsp3) is 0.583. The van der Waals surface area contributed by atoms with E-state index in [0.29, 0.717) is 5.69 Å². The van der Waals surface area contributed by atoms with E-state index in [1.165, 1.54) is 13.3 Å². The van der Waals surface area contributed by atoms with E-state index < -0.39 is 23.2 Å². The summed E-state index contributed by atoms with van der Waals surface area (Å²) in [4.78, 5) is 29.7. The molecular formula is C12H19N3O4. The van der Waals surface area contributed by atoms with Gasteiger partial charge in [0.1, 0.15) is 11.1 Å². The molecule has 0 aliphatic heterocycles. The van der Waals surface area contributed by atoms with Crippen LogP contribution in [0.2, 0.25) is 0 Å². The number of carbonyl (C=O) groups is 2. The molecule has 0 radical (unpaired) electrons. The van der Waals surface area contributed by atoms with E-state index in [1.54, 1.807) is 27.0 Å². The van der Waals surface area contributed by atoms with E-state index in [1.807, 2.05) is 0 Å². The number of nitrogens with zero attached hydrogens (tertiary/aromatic N) is 1. The Morgan fingerprint density at radius 3 is 2.47 bits per heavy atom. The second-order valence-electron chi connectivity index (χ2n) is 5.50. The Labute approximate surface area is 111 Å². The summed E-state index contributed by atoms with van der Waals surface area (Å²) in [5.41, 5.74) is -1.62. The maximum atomic E-state index is 11.7. The Morgan fingerprint density at radius 1 is 1.42 bits per heavy atom. The zero-order valence-corrected chi connectivity index (χ0v) is 11.5. The quantitative estimate of drug-likeness (QED) is 0.764. The molecule has 0 aliphatic rings. The molecule has 1 unspecified atom stereocenters. The second-order valence-corrected chi connectivity index (χ2v) is 5.50. The fourth-order valence-corrected chi connectivity index (χ4v) is 1.45. The number of amides is 1. The largest absolute Gasteiger partial charge is 0.480 e. The normalized spacial score (nSPS) is 14.5. The van der Waals surface area contributed by atoms with E-state index in [2.05, 4.69) is 15.3 Å². The molecule has 19 heavy (non-hydrogen) atoms. The van der Waals surface area contributed by atoms with Crippen LogP contribution in [0.3, 0.4) is 0 Å². The lowest BCUT2D eigenvalue weighted by Gasteiger charge is -2.27. The van der Waals surface area contributed by atoms with Crippen molar-refractivity contribution in [3.63, 3.8) is 0 Å². The van der Waals surface area contributed by atoms with E-state index in [-0.39, 0.29) is 6.42 Å². The van der Waals surface area contributed by atoms with Gasteiger partial charge in [-0.05, 0) is 27.7 Å². The van der Waals surface area contributed by atoms with Gasteiger partial charge >= 0.3 is 12.1 Å². The van der Waals surface area contributed by atoms with Gasteiger partial charge in [-0.1, -0.05) is 0 Å². The maximum Gasteiger partial charge on any atom is 0.408 e. The molecule has 1 aromatic heterocycles. The number of H-pyrrole nitrogens is 1. The molecule has 106 valence electrons.